The van der Waals surface area contributed by atoms with E-state index in [4.69, 9.17) is 42.0 Å². The van der Waals surface area contributed by atoms with Gasteiger partial charge in [-0.05, 0) is 62.8 Å². The number of carbonyl (C=O) groups is 4. The lowest BCUT2D eigenvalue weighted by atomic mass is 9.91. The molecule has 2 fully saturated rings. The molecule has 7 N–H and O–H groups in total. The number of amides is 2. The molecule has 0 spiro atoms. The molecule has 604 valence electrons. The standard InChI is InChI=1S/C83H143N2O19P/c1-6-10-14-18-22-26-27-31-35-39-49-57-74(91)99-68(52-44-38-34-30-25-21-17-13-9-4)59-61-97-80-76(84-65(5)87)83(101-71(63-86)78(80)104-105(95,102-69-53-45-40-46-54-69)103-70-55-47-41-48-56-70)98-64-72-77(92)79(96-60-58-66(88)50-42-36-32-28-23-19-15-11-7-2)75(81(100-72)82(93)94)85-73(90)62-67(89)51-43-37-33-29-24-20-16-12-8-3/h40-41,45-48,53-56,66-68,71-72,75-81,83,86,88-89,92H,6-39,42-44,49-52,57-64H2,1-5H3,(H,84,87)(H,85,90)(H,93,94)/t66-,67-,68-,71-,72-,75-,76-,77-,78+,79-,80-,81+,83-/m1/s1. The number of aliphatic hydroxyl groups excluding tert-OH is 4. The molecule has 2 saturated heterocycles. The summed E-state index contributed by atoms with van der Waals surface area (Å²) in [4.78, 5) is 54.6. The molecule has 105 heavy (non-hydrogen) atoms. The fourth-order valence-electron chi connectivity index (χ4n) is 14.1. The molecule has 21 nitrogen and oxygen atoms in total. The Bertz CT molecular complexity index is 2500. The van der Waals surface area contributed by atoms with Crippen LogP contribution in [-0.4, -0.2) is 155 Å². The lowest BCUT2D eigenvalue weighted by molar-refractivity contribution is -0.289. The van der Waals surface area contributed by atoms with Crippen LogP contribution in [0.1, 0.15) is 324 Å². The van der Waals surface area contributed by atoms with Crippen molar-refractivity contribution in [1.82, 2.24) is 10.6 Å². The van der Waals surface area contributed by atoms with Crippen molar-refractivity contribution in [3.05, 3.63) is 60.7 Å². The number of hydrogen-bond donors (Lipinski definition) is 7. The van der Waals surface area contributed by atoms with Crippen LogP contribution in [0.25, 0.3) is 0 Å². The van der Waals surface area contributed by atoms with E-state index in [-0.39, 0.29) is 56.4 Å². The molecule has 13 atom stereocenters. The van der Waals surface area contributed by atoms with Crippen LogP contribution in [0.3, 0.4) is 0 Å². The van der Waals surface area contributed by atoms with Crippen LogP contribution in [0.5, 0.6) is 11.5 Å². The number of esters is 1. The molecular formula is C83H143N2O19P. The van der Waals surface area contributed by atoms with E-state index in [0.29, 0.717) is 32.1 Å². The van der Waals surface area contributed by atoms with Gasteiger partial charge in [0.05, 0.1) is 44.5 Å². The van der Waals surface area contributed by atoms with Crippen molar-refractivity contribution >= 4 is 31.6 Å². The van der Waals surface area contributed by atoms with Crippen LogP contribution in [0, 0.1) is 0 Å². The molecule has 2 aliphatic rings. The highest BCUT2D eigenvalue weighted by molar-refractivity contribution is 7.49. The maximum Gasteiger partial charge on any atom is 0.588 e. The molecule has 0 aliphatic carbocycles. The molecule has 2 aromatic rings. The zero-order valence-corrected chi connectivity index (χ0v) is 66.2. The number of phosphoric ester groups is 1. The van der Waals surface area contributed by atoms with Crippen molar-refractivity contribution in [3.63, 3.8) is 0 Å². The topological polar surface area (TPSA) is 294 Å². The number of nitrogens with one attached hydrogen (secondary N) is 2. The Labute approximate surface area is 632 Å². The summed E-state index contributed by atoms with van der Waals surface area (Å²) in [5.41, 5.74) is 0. The normalized spacial score (nSPS) is 21.3. The minimum Gasteiger partial charge on any atom is -0.479 e. The monoisotopic (exact) mass is 1500 g/mol. The summed E-state index contributed by atoms with van der Waals surface area (Å²) in [5.74, 6) is -2.85. The average molecular weight is 1500 g/mol. The lowest BCUT2D eigenvalue weighted by Crippen LogP contribution is -2.68. The van der Waals surface area contributed by atoms with Crippen molar-refractivity contribution in [3.8, 4) is 11.5 Å². The molecule has 2 amide bonds. The maximum atomic E-state index is 15.4. The van der Waals surface area contributed by atoms with Crippen LogP contribution in [0.2, 0.25) is 0 Å². The molecule has 0 unspecified atom stereocenters. The summed E-state index contributed by atoms with van der Waals surface area (Å²) in [6.45, 7) is 8.38. The molecule has 0 radical (unpaired) electrons. The van der Waals surface area contributed by atoms with Gasteiger partial charge in [0, 0.05) is 26.4 Å². The number of rotatable bonds is 66. The average Bonchev–Trinajstić information content (AvgIpc) is 0.781. The number of para-hydroxylation sites is 2. The number of carbonyl (C=O) groups excluding carboxylic acids is 3. The molecule has 0 bridgehead atoms. The Balaban J connectivity index is 1.64. The Morgan fingerprint density at radius 1 is 0.486 bits per heavy atom. The van der Waals surface area contributed by atoms with Crippen molar-refractivity contribution < 1.29 is 91.3 Å². The third-order valence-electron chi connectivity index (χ3n) is 20.2. The first-order chi connectivity index (χ1) is 51.0. The van der Waals surface area contributed by atoms with Gasteiger partial charge in [-0.2, -0.15) is 0 Å². The molecule has 22 heteroatoms. The second kappa shape index (κ2) is 58.7. The summed E-state index contributed by atoms with van der Waals surface area (Å²) in [6, 6.07) is 13.6. The van der Waals surface area contributed by atoms with Gasteiger partial charge < -0.3 is 73.6 Å². The van der Waals surface area contributed by atoms with Gasteiger partial charge in [-0.3, -0.25) is 18.9 Å². The highest BCUT2D eigenvalue weighted by Crippen LogP contribution is 2.52. The molecule has 2 aliphatic heterocycles. The van der Waals surface area contributed by atoms with E-state index in [9.17, 15) is 44.7 Å². The predicted molar refractivity (Wildman–Crippen MR) is 412 cm³/mol. The highest BCUT2D eigenvalue weighted by Gasteiger charge is 2.54. The third-order valence-corrected chi connectivity index (χ3v) is 21.6. The number of aliphatic hydroxyl groups is 4. The molecule has 0 aromatic heterocycles. The number of hydrogen-bond acceptors (Lipinski definition) is 18. The van der Waals surface area contributed by atoms with Crippen LogP contribution in [0.4, 0.5) is 0 Å². The lowest BCUT2D eigenvalue weighted by Gasteiger charge is -2.47. The number of ether oxygens (including phenoxy) is 6. The molecule has 2 heterocycles. The van der Waals surface area contributed by atoms with Crippen molar-refractivity contribution in [1.29, 1.82) is 0 Å². The van der Waals surface area contributed by atoms with E-state index in [1.807, 2.05) is 0 Å². The van der Waals surface area contributed by atoms with E-state index in [2.05, 4.69) is 38.3 Å². The van der Waals surface area contributed by atoms with Crippen LogP contribution in [-0.2, 0) is 56.7 Å². The maximum absolute atomic E-state index is 15.4. The van der Waals surface area contributed by atoms with E-state index in [1.54, 1.807) is 60.7 Å². The largest absolute Gasteiger partial charge is 0.588 e. The number of carboxylic acid groups (broad SMARTS) is 1. The van der Waals surface area contributed by atoms with Crippen LogP contribution >= 0.6 is 7.82 Å². The zero-order chi connectivity index (χ0) is 76.0. The van der Waals surface area contributed by atoms with Gasteiger partial charge in [-0.1, -0.05) is 295 Å². The zero-order valence-electron chi connectivity index (χ0n) is 65.3. The fourth-order valence-corrected chi connectivity index (χ4v) is 15.5. The fraction of sp³-hybridized carbons (Fsp3) is 0.807. The Kier molecular flexibility index (Phi) is 52.0. The first kappa shape index (κ1) is 93.1. The third kappa shape index (κ3) is 41.4. The second-order valence-electron chi connectivity index (χ2n) is 29.6. The SMILES string of the molecule is CCCCCCCCCCCCCC(=O)O[C@H](CCCCCCCCCCC)CCO[C@@H]1[C@@H](NC(C)=O)[C@H](OC[C@H]2O[C@H](C(=O)O)[C@H](NC(=O)C[C@H](O)CCCCCCCCCCC)[C@@H](OCC[C@H](O)CCCCCCCCCCC)[C@@H]2O)O[C@H](CO)[C@@H]1OP(=O)(Oc1ccccc1)Oc1ccccc1. The first-order valence-corrected chi connectivity index (χ1v) is 43.1. The summed E-state index contributed by atoms with van der Waals surface area (Å²) in [7, 11) is -4.84. The summed E-state index contributed by atoms with van der Waals surface area (Å²) < 4.78 is 72.8. The summed E-state index contributed by atoms with van der Waals surface area (Å²) in [5, 5.41) is 62.6. The number of unbranched alkanes of at least 4 members (excludes halogenated alkanes) is 34. The van der Waals surface area contributed by atoms with Gasteiger partial charge in [-0.25, -0.2) is 9.36 Å². The van der Waals surface area contributed by atoms with Gasteiger partial charge in [0.2, 0.25) is 11.8 Å². The van der Waals surface area contributed by atoms with E-state index < -0.39 is 118 Å². The Morgan fingerprint density at radius 2 is 0.914 bits per heavy atom. The van der Waals surface area contributed by atoms with Gasteiger partial charge >= 0.3 is 19.8 Å². The minimum absolute atomic E-state index is 0.113. The Morgan fingerprint density at radius 3 is 1.37 bits per heavy atom. The number of phosphoric acid groups is 1. The van der Waals surface area contributed by atoms with Crippen molar-refractivity contribution in [2.24, 2.45) is 0 Å². The highest BCUT2D eigenvalue weighted by atomic mass is 31.2. The van der Waals surface area contributed by atoms with Crippen molar-refractivity contribution in [2.75, 3.05) is 26.4 Å². The smallest absolute Gasteiger partial charge is 0.479 e. The first-order valence-electron chi connectivity index (χ1n) is 41.6. The minimum atomic E-state index is -4.84. The number of carboxylic acids is 1. The molecule has 2 aromatic carbocycles. The quantitative estimate of drug-likeness (QED) is 0.0184. The molecular weight excluding hydrogens is 1360 g/mol. The van der Waals surface area contributed by atoms with E-state index in [1.165, 1.54) is 135 Å². The van der Waals surface area contributed by atoms with E-state index in [0.717, 1.165) is 103 Å². The molecule has 0 saturated carbocycles. The summed E-state index contributed by atoms with van der Waals surface area (Å²) in [6.07, 6.45) is 28.9. The van der Waals surface area contributed by atoms with Gasteiger partial charge in [0.1, 0.15) is 60.3 Å². The van der Waals surface area contributed by atoms with Crippen LogP contribution in [0.15, 0.2) is 60.7 Å². The van der Waals surface area contributed by atoms with Crippen molar-refractivity contribution in [2.45, 2.75) is 403 Å². The van der Waals surface area contributed by atoms with Gasteiger partial charge in [0.15, 0.2) is 12.4 Å². The number of aliphatic carboxylic acids is 1. The van der Waals surface area contributed by atoms with Crippen LogP contribution < -0.4 is 19.7 Å². The van der Waals surface area contributed by atoms with Gasteiger partial charge in [0.25, 0.3) is 0 Å². The summed E-state index contributed by atoms with van der Waals surface area (Å²) >= 11 is 0. The predicted octanol–water partition coefficient (Wildman–Crippen LogP) is 17.6. The second-order valence-corrected chi connectivity index (χ2v) is 31.1. The molecule has 4 rings (SSSR count). The number of benzene rings is 2. The van der Waals surface area contributed by atoms with E-state index >= 15 is 4.57 Å². The Hall–Kier alpha value is -4.25. The van der Waals surface area contributed by atoms with Gasteiger partial charge in [-0.15, -0.1) is 0 Å².